The second-order valence-corrected chi connectivity index (χ2v) is 10.7. The fourth-order valence-corrected chi connectivity index (χ4v) is 4.83. The van der Waals surface area contributed by atoms with E-state index in [1.54, 1.807) is 0 Å². The van der Waals surface area contributed by atoms with Crippen LogP contribution < -0.4 is 14.4 Å². The lowest BCUT2D eigenvalue weighted by atomic mass is 10.1. The molecule has 0 amide bonds. The lowest BCUT2D eigenvalue weighted by Crippen LogP contribution is -2.19. The van der Waals surface area contributed by atoms with E-state index in [-0.39, 0.29) is 0 Å². The van der Waals surface area contributed by atoms with Crippen LogP contribution in [0, 0.1) is 13.8 Å². The standard InChI is InChI=1S/C36H38N4/c1-27-7-11-31(12-8-27)39(32-13-9-28(2)10-14-32)35-23-25-36(26-24-35)40(33-19-15-29(16-20-33)37(3)4)34-21-17-30(18-22-34)38(5)6/h7-26H,1-6H3/q+2. The van der Waals surface area contributed by atoms with E-state index in [0.29, 0.717) is 0 Å². The maximum Gasteiger partial charge on any atom is 0.212 e. The Morgan fingerprint density at radius 1 is 0.450 bits per heavy atom. The van der Waals surface area contributed by atoms with Gasteiger partial charge in [0.2, 0.25) is 17.1 Å². The first kappa shape index (κ1) is 26.9. The largest absolute Gasteiger partial charge is 0.378 e. The summed E-state index contributed by atoms with van der Waals surface area (Å²) in [5.41, 5.74) is 11.6. The lowest BCUT2D eigenvalue weighted by molar-refractivity contribution is -0.462. The second kappa shape index (κ2) is 11.6. The van der Waals surface area contributed by atoms with E-state index >= 15 is 0 Å². The monoisotopic (exact) mass is 526 g/mol. The number of rotatable bonds is 6. The Balaban J connectivity index is 1.60. The van der Waals surface area contributed by atoms with Crippen LogP contribution in [0.15, 0.2) is 121 Å². The van der Waals surface area contributed by atoms with Gasteiger partial charge in [-0.1, -0.05) is 35.4 Å². The molecular weight excluding hydrogens is 488 g/mol. The third kappa shape index (κ3) is 5.81. The van der Waals surface area contributed by atoms with Crippen molar-refractivity contribution < 1.29 is 4.58 Å². The number of hydrogen-bond donors (Lipinski definition) is 0. The van der Waals surface area contributed by atoms with Crippen molar-refractivity contribution in [2.75, 3.05) is 38.0 Å². The summed E-state index contributed by atoms with van der Waals surface area (Å²) >= 11 is 0. The normalized spacial score (nSPS) is 12.4. The summed E-state index contributed by atoms with van der Waals surface area (Å²) in [6.45, 7) is 4.25. The van der Waals surface area contributed by atoms with Crippen LogP contribution in [-0.2, 0) is 0 Å². The summed E-state index contributed by atoms with van der Waals surface area (Å²) in [4.78, 5) is 4.43. The molecule has 40 heavy (non-hydrogen) atoms. The molecule has 1 aliphatic rings. The second-order valence-electron chi connectivity index (χ2n) is 10.7. The number of benzene rings is 4. The molecule has 5 rings (SSSR count). The molecule has 0 heterocycles. The van der Waals surface area contributed by atoms with Crippen molar-refractivity contribution in [3.05, 3.63) is 132 Å². The highest BCUT2D eigenvalue weighted by molar-refractivity contribution is 6.18. The summed E-state index contributed by atoms with van der Waals surface area (Å²) in [7, 11) is 8.28. The molecule has 0 radical (unpaired) electrons. The van der Waals surface area contributed by atoms with Gasteiger partial charge in [0.05, 0.1) is 0 Å². The van der Waals surface area contributed by atoms with Gasteiger partial charge in [0.1, 0.15) is 14.1 Å². The average Bonchev–Trinajstić information content (AvgIpc) is 2.97. The van der Waals surface area contributed by atoms with E-state index in [0.717, 1.165) is 34.1 Å². The van der Waals surface area contributed by atoms with E-state index in [1.807, 2.05) is 0 Å². The van der Waals surface area contributed by atoms with Crippen molar-refractivity contribution in [3.8, 4) is 0 Å². The van der Waals surface area contributed by atoms with E-state index in [1.165, 1.54) is 22.5 Å². The van der Waals surface area contributed by atoms with Crippen LogP contribution in [0.5, 0.6) is 0 Å². The molecule has 200 valence electrons. The summed E-state index contributed by atoms with van der Waals surface area (Å²) < 4.78 is 4.43. The van der Waals surface area contributed by atoms with Gasteiger partial charge in [-0.3, -0.25) is 0 Å². The van der Waals surface area contributed by atoms with Gasteiger partial charge < -0.3 is 9.80 Å². The van der Waals surface area contributed by atoms with E-state index in [9.17, 15) is 0 Å². The third-order valence-electron chi connectivity index (χ3n) is 7.20. The summed E-state index contributed by atoms with van der Waals surface area (Å²) in [5, 5.41) is 0. The van der Waals surface area contributed by atoms with Crippen molar-refractivity contribution >= 4 is 45.5 Å². The van der Waals surface area contributed by atoms with Gasteiger partial charge >= 0.3 is 0 Å². The SMILES string of the molecule is Cc1ccc(N(c2ccc(C)cc2)c2ccc([N+](=C3C=CC(=[N+](C)C)C=C3)c3ccc(N(C)C)cc3)cc2)cc1. The highest BCUT2D eigenvalue weighted by Crippen LogP contribution is 2.36. The molecule has 4 aromatic rings. The summed E-state index contributed by atoms with van der Waals surface area (Å²) in [5.74, 6) is 0. The Labute approximate surface area is 238 Å². The van der Waals surface area contributed by atoms with Gasteiger partial charge in [0.15, 0.2) is 5.71 Å². The Kier molecular flexibility index (Phi) is 7.79. The molecule has 0 atom stereocenters. The Morgan fingerprint density at radius 2 is 0.800 bits per heavy atom. The minimum absolute atomic E-state index is 1.10. The molecule has 0 unspecified atom stereocenters. The minimum Gasteiger partial charge on any atom is -0.378 e. The summed E-state index contributed by atoms with van der Waals surface area (Å²) in [6, 6.07) is 35.0. The first-order chi connectivity index (χ1) is 19.3. The number of hydrogen-bond acceptors (Lipinski definition) is 2. The topological polar surface area (TPSA) is 12.5 Å². The lowest BCUT2D eigenvalue weighted by Gasteiger charge is -2.25. The number of aryl methyl sites for hydroxylation is 2. The summed E-state index contributed by atoms with van der Waals surface area (Å²) in [6.07, 6.45) is 8.71. The Bertz CT molecular complexity index is 1530. The molecule has 1 aliphatic carbocycles. The molecule has 0 bridgehead atoms. The van der Waals surface area contributed by atoms with Crippen LogP contribution >= 0.6 is 0 Å². The minimum atomic E-state index is 1.10. The average molecular weight is 527 g/mol. The predicted molar refractivity (Wildman–Crippen MR) is 173 cm³/mol. The zero-order valence-corrected chi connectivity index (χ0v) is 24.3. The van der Waals surface area contributed by atoms with Crippen LogP contribution in [-0.4, -0.2) is 44.2 Å². The molecule has 0 aliphatic heterocycles. The highest BCUT2D eigenvalue weighted by Gasteiger charge is 2.22. The molecular formula is C36H38N4+2. The molecule has 0 N–H and O–H groups in total. The quantitative estimate of drug-likeness (QED) is 0.187. The Morgan fingerprint density at radius 3 is 1.18 bits per heavy atom. The number of allylic oxidation sites excluding steroid dienone is 4. The predicted octanol–water partition coefficient (Wildman–Crippen LogP) is 7.95. The van der Waals surface area contributed by atoms with Crippen LogP contribution in [0.2, 0.25) is 0 Å². The molecule has 0 saturated carbocycles. The Hall–Kier alpha value is -4.70. The molecule has 0 spiro atoms. The van der Waals surface area contributed by atoms with Crippen molar-refractivity contribution in [2.24, 2.45) is 0 Å². The van der Waals surface area contributed by atoms with Crippen molar-refractivity contribution in [1.82, 2.24) is 4.58 Å². The van der Waals surface area contributed by atoms with Gasteiger partial charge in [-0.2, -0.15) is 4.58 Å². The number of nitrogens with zero attached hydrogens (tertiary/aromatic N) is 4. The molecule has 4 nitrogen and oxygen atoms in total. The fraction of sp³-hybridized carbons (Fsp3) is 0.167. The molecule has 0 fully saturated rings. The fourth-order valence-electron chi connectivity index (χ4n) is 4.83. The van der Waals surface area contributed by atoms with E-state index in [2.05, 4.69) is 182 Å². The highest BCUT2D eigenvalue weighted by atomic mass is 15.1. The van der Waals surface area contributed by atoms with Gasteiger partial charge in [-0.15, -0.1) is 0 Å². The van der Waals surface area contributed by atoms with Crippen LogP contribution in [0.3, 0.4) is 0 Å². The van der Waals surface area contributed by atoms with Crippen LogP contribution in [0.1, 0.15) is 11.1 Å². The van der Waals surface area contributed by atoms with Gasteiger partial charge in [0, 0.05) is 85.4 Å². The van der Waals surface area contributed by atoms with E-state index in [4.69, 9.17) is 0 Å². The van der Waals surface area contributed by atoms with Crippen LogP contribution in [0.25, 0.3) is 0 Å². The zero-order valence-electron chi connectivity index (χ0n) is 24.3. The first-order valence-corrected chi connectivity index (χ1v) is 13.7. The smallest absolute Gasteiger partial charge is 0.212 e. The molecule has 4 heteroatoms. The zero-order chi connectivity index (χ0) is 28.2. The third-order valence-corrected chi connectivity index (χ3v) is 7.20. The van der Waals surface area contributed by atoms with Crippen molar-refractivity contribution in [1.29, 1.82) is 0 Å². The van der Waals surface area contributed by atoms with Gasteiger partial charge in [-0.25, -0.2) is 4.58 Å². The van der Waals surface area contributed by atoms with Crippen molar-refractivity contribution in [3.63, 3.8) is 0 Å². The molecule has 0 aromatic heterocycles. The van der Waals surface area contributed by atoms with E-state index < -0.39 is 0 Å². The molecule has 0 saturated heterocycles. The number of anilines is 4. The first-order valence-electron chi connectivity index (χ1n) is 13.7. The van der Waals surface area contributed by atoms with Gasteiger partial charge in [-0.05, 0) is 62.4 Å². The maximum atomic E-state index is 2.31. The van der Waals surface area contributed by atoms with Crippen LogP contribution in [0.4, 0.5) is 34.1 Å². The maximum absolute atomic E-state index is 2.31. The van der Waals surface area contributed by atoms with Gasteiger partial charge in [0.25, 0.3) is 0 Å². The molecule has 4 aromatic carbocycles. The van der Waals surface area contributed by atoms with Crippen molar-refractivity contribution in [2.45, 2.75) is 13.8 Å².